The maximum absolute atomic E-state index is 6.02. The molecule has 0 amide bonds. The molecule has 1 fully saturated rings. The topological polar surface area (TPSA) is 72.1 Å². The van der Waals surface area contributed by atoms with Gasteiger partial charge in [0.05, 0.1) is 19.8 Å². The van der Waals surface area contributed by atoms with E-state index in [1.165, 1.54) is 0 Å². The summed E-state index contributed by atoms with van der Waals surface area (Å²) in [5, 5.41) is 3.20. The second kappa shape index (κ2) is 13.4. The molecule has 0 radical (unpaired) electrons. The summed E-state index contributed by atoms with van der Waals surface area (Å²) < 4.78 is 11.3. The molecule has 0 aliphatic carbocycles. The normalized spacial score (nSPS) is 14.8. The Morgan fingerprint density at radius 1 is 1.07 bits per heavy atom. The third-order valence-corrected chi connectivity index (χ3v) is 4.69. The summed E-state index contributed by atoms with van der Waals surface area (Å²) in [4.78, 5) is 6.88. The second-order valence-corrected chi connectivity index (χ2v) is 6.82. The minimum absolute atomic E-state index is 0. The molecule has 0 aromatic heterocycles. The van der Waals surface area contributed by atoms with E-state index in [0.717, 1.165) is 62.7 Å². The molecule has 1 saturated heterocycles. The van der Waals surface area contributed by atoms with Gasteiger partial charge in [-0.05, 0) is 24.6 Å². The lowest BCUT2D eigenvalue weighted by molar-refractivity contribution is 0.0376. The van der Waals surface area contributed by atoms with Crippen molar-refractivity contribution in [3.8, 4) is 5.75 Å². The molecule has 7 heteroatoms. The van der Waals surface area contributed by atoms with E-state index < -0.39 is 0 Å². The molecule has 1 aliphatic rings. The van der Waals surface area contributed by atoms with E-state index in [9.17, 15) is 0 Å². The molecule has 158 valence electrons. The Kier molecular flexibility index (Phi) is 10.8. The highest BCUT2D eigenvalue weighted by Crippen LogP contribution is 2.20. The van der Waals surface area contributed by atoms with Gasteiger partial charge < -0.3 is 20.5 Å². The number of nitrogens with one attached hydrogen (secondary N) is 1. The van der Waals surface area contributed by atoms with Gasteiger partial charge >= 0.3 is 0 Å². The monoisotopic (exact) mass is 510 g/mol. The van der Waals surface area contributed by atoms with E-state index in [0.29, 0.717) is 19.1 Å². The minimum atomic E-state index is 0. The predicted octanol–water partition coefficient (Wildman–Crippen LogP) is 3.01. The highest BCUT2D eigenvalue weighted by molar-refractivity contribution is 14.0. The van der Waals surface area contributed by atoms with E-state index in [-0.39, 0.29) is 24.0 Å². The molecule has 0 spiro atoms. The number of hydrogen-bond acceptors (Lipinski definition) is 4. The van der Waals surface area contributed by atoms with E-state index >= 15 is 0 Å². The van der Waals surface area contributed by atoms with Gasteiger partial charge in [-0.2, -0.15) is 0 Å². The van der Waals surface area contributed by atoms with Crippen LogP contribution in [0.25, 0.3) is 0 Å². The molecule has 3 N–H and O–H groups in total. The second-order valence-electron chi connectivity index (χ2n) is 6.82. The fourth-order valence-corrected chi connectivity index (χ4v) is 3.08. The number of ether oxygens (including phenoxy) is 2. The van der Waals surface area contributed by atoms with E-state index in [4.69, 9.17) is 15.2 Å². The highest BCUT2D eigenvalue weighted by atomic mass is 127. The van der Waals surface area contributed by atoms with Gasteiger partial charge in [0.15, 0.2) is 5.96 Å². The van der Waals surface area contributed by atoms with Gasteiger partial charge in [-0.1, -0.05) is 48.5 Å². The van der Waals surface area contributed by atoms with Crippen LogP contribution < -0.4 is 15.8 Å². The minimum Gasteiger partial charge on any atom is -0.489 e. The van der Waals surface area contributed by atoms with Crippen molar-refractivity contribution < 1.29 is 9.47 Å². The van der Waals surface area contributed by atoms with Crippen molar-refractivity contribution in [2.24, 2.45) is 10.7 Å². The Hall–Kier alpha value is -1.84. The first-order valence-electron chi connectivity index (χ1n) is 9.90. The fourth-order valence-electron chi connectivity index (χ4n) is 3.08. The number of nitrogens with zero attached hydrogens (tertiary/aromatic N) is 2. The molecule has 0 unspecified atom stereocenters. The van der Waals surface area contributed by atoms with Gasteiger partial charge in [0.25, 0.3) is 0 Å². The number of rotatable bonds is 9. The zero-order valence-electron chi connectivity index (χ0n) is 16.8. The Bertz CT molecular complexity index is 737. The SMILES string of the molecule is I.NC(=NCc1ccccc1OCc1ccccc1)NCCCN1CCOCC1. The average Bonchev–Trinajstić information content (AvgIpc) is 2.76. The zero-order valence-corrected chi connectivity index (χ0v) is 19.1. The third-order valence-electron chi connectivity index (χ3n) is 4.69. The first-order valence-corrected chi connectivity index (χ1v) is 9.90. The lowest BCUT2D eigenvalue weighted by atomic mass is 10.2. The number of benzene rings is 2. The summed E-state index contributed by atoms with van der Waals surface area (Å²) >= 11 is 0. The van der Waals surface area contributed by atoms with Crippen LogP contribution in [0, 0.1) is 0 Å². The largest absolute Gasteiger partial charge is 0.489 e. The predicted molar refractivity (Wildman–Crippen MR) is 128 cm³/mol. The molecule has 3 rings (SSSR count). The van der Waals surface area contributed by atoms with Crippen molar-refractivity contribution in [3.05, 3.63) is 65.7 Å². The van der Waals surface area contributed by atoms with Crippen LogP contribution in [0.5, 0.6) is 5.75 Å². The molecule has 1 aliphatic heterocycles. The first kappa shape index (κ1) is 23.4. The molecular weight excluding hydrogens is 479 g/mol. The van der Waals surface area contributed by atoms with Crippen LogP contribution in [0.4, 0.5) is 0 Å². The number of guanidine groups is 1. The van der Waals surface area contributed by atoms with Crippen LogP contribution in [-0.2, 0) is 17.9 Å². The van der Waals surface area contributed by atoms with E-state index in [1.54, 1.807) is 0 Å². The van der Waals surface area contributed by atoms with Crippen LogP contribution in [0.1, 0.15) is 17.5 Å². The Balaban J connectivity index is 0.00000300. The smallest absolute Gasteiger partial charge is 0.188 e. The zero-order chi connectivity index (χ0) is 19.4. The Labute approximate surface area is 190 Å². The van der Waals surface area contributed by atoms with E-state index in [1.807, 2.05) is 42.5 Å². The lowest BCUT2D eigenvalue weighted by Gasteiger charge is -2.26. The fraction of sp³-hybridized carbons (Fsp3) is 0.409. The summed E-state index contributed by atoms with van der Waals surface area (Å²) in [6, 6.07) is 18.1. The van der Waals surface area contributed by atoms with Crippen molar-refractivity contribution in [3.63, 3.8) is 0 Å². The molecule has 0 saturated carbocycles. The quantitative estimate of drug-likeness (QED) is 0.235. The number of halogens is 1. The number of hydrogen-bond donors (Lipinski definition) is 2. The van der Waals surface area contributed by atoms with Crippen LogP contribution >= 0.6 is 24.0 Å². The van der Waals surface area contributed by atoms with Gasteiger partial charge in [-0.3, -0.25) is 4.90 Å². The molecular formula is C22H31IN4O2. The maximum Gasteiger partial charge on any atom is 0.188 e. The van der Waals surface area contributed by atoms with Gasteiger partial charge in [0, 0.05) is 25.2 Å². The van der Waals surface area contributed by atoms with Crippen molar-refractivity contribution in [1.29, 1.82) is 0 Å². The van der Waals surface area contributed by atoms with Gasteiger partial charge in [0.1, 0.15) is 12.4 Å². The Morgan fingerprint density at radius 2 is 1.79 bits per heavy atom. The van der Waals surface area contributed by atoms with Gasteiger partial charge in [0.2, 0.25) is 0 Å². The van der Waals surface area contributed by atoms with Gasteiger partial charge in [-0.15, -0.1) is 24.0 Å². The maximum atomic E-state index is 6.02. The number of aliphatic imine (C=N–C) groups is 1. The third kappa shape index (κ3) is 8.59. The molecule has 0 atom stereocenters. The van der Waals surface area contributed by atoms with Crippen molar-refractivity contribution >= 4 is 29.9 Å². The first-order chi connectivity index (χ1) is 13.8. The van der Waals surface area contributed by atoms with Crippen LogP contribution in [0.15, 0.2) is 59.6 Å². The molecule has 2 aromatic rings. The van der Waals surface area contributed by atoms with Crippen molar-refractivity contribution in [2.45, 2.75) is 19.6 Å². The summed E-state index contributed by atoms with van der Waals surface area (Å²) in [5.74, 6) is 1.31. The lowest BCUT2D eigenvalue weighted by Crippen LogP contribution is -2.39. The van der Waals surface area contributed by atoms with Crippen LogP contribution in [0.2, 0.25) is 0 Å². The van der Waals surface area contributed by atoms with Gasteiger partial charge in [-0.25, -0.2) is 4.99 Å². The molecule has 1 heterocycles. The summed E-state index contributed by atoms with van der Waals surface area (Å²) in [5.41, 5.74) is 8.19. The standard InChI is InChI=1S/C22H30N4O2.HI/c23-22(24-11-6-12-26-13-15-27-16-14-26)25-17-20-9-4-5-10-21(20)28-18-19-7-2-1-3-8-19;/h1-5,7-10H,6,11-18H2,(H3,23,24,25);1H. The number of nitrogens with two attached hydrogens (primary N) is 1. The summed E-state index contributed by atoms with van der Waals surface area (Å²) in [7, 11) is 0. The summed E-state index contributed by atoms with van der Waals surface area (Å²) in [6.07, 6.45) is 1.03. The molecule has 0 bridgehead atoms. The average molecular weight is 510 g/mol. The number of para-hydroxylation sites is 1. The van der Waals surface area contributed by atoms with Crippen molar-refractivity contribution in [1.82, 2.24) is 10.2 Å². The Morgan fingerprint density at radius 3 is 2.59 bits per heavy atom. The molecule has 2 aromatic carbocycles. The number of morpholine rings is 1. The van der Waals surface area contributed by atoms with Crippen LogP contribution in [0.3, 0.4) is 0 Å². The van der Waals surface area contributed by atoms with Crippen molar-refractivity contribution in [2.75, 3.05) is 39.4 Å². The van der Waals surface area contributed by atoms with Crippen LogP contribution in [-0.4, -0.2) is 50.3 Å². The van der Waals surface area contributed by atoms with E-state index in [2.05, 4.69) is 27.3 Å². The highest BCUT2D eigenvalue weighted by Gasteiger charge is 2.09. The summed E-state index contributed by atoms with van der Waals surface area (Å²) in [6.45, 7) is 6.61. The molecule has 6 nitrogen and oxygen atoms in total. The molecule has 29 heavy (non-hydrogen) atoms.